The van der Waals surface area contributed by atoms with Gasteiger partial charge in [-0.2, -0.15) is 13.2 Å². The van der Waals surface area contributed by atoms with Gasteiger partial charge in [0.15, 0.2) is 5.82 Å². The van der Waals surface area contributed by atoms with Gasteiger partial charge in [-0.05, 0) is 36.5 Å². The summed E-state index contributed by atoms with van der Waals surface area (Å²) in [6.45, 7) is 1.34. The molecule has 2 aromatic heterocycles. The molecular formula is C26H28BrF3N6O2. The molecule has 3 aromatic rings. The third-order valence-corrected chi connectivity index (χ3v) is 8.86. The third-order valence-electron chi connectivity index (χ3n) is 8.37. The van der Waals surface area contributed by atoms with Crippen LogP contribution in [0.4, 0.5) is 13.2 Å². The largest absolute Gasteiger partial charge is 0.451 e. The van der Waals surface area contributed by atoms with Crippen LogP contribution in [0, 0.1) is 5.41 Å². The van der Waals surface area contributed by atoms with Crippen LogP contribution in [0.5, 0.6) is 0 Å². The van der Waals surface area contributed by atoms with Crippen LogP contribution in [-0.4, -0.2) is 54.5 Å². The van der Waals surface area contributed by atoms with Gasteiger partial charge in [-0.1, -0.05) is 28.8 Å². The van der Waals surface area contributed by atoms with Crippen LogP contribution in [0.2, 0.25) is 0 Å². The Morgan fingerprint density at radius 2 is 1.71 bits per heavy atom. The molecule has 1 fully saturated rings. The number of benzene rings is 1. The molecular weight excluding hydrogens is 565 g/mol. The molecule has 8 nitrogen and oxygen atoms in total. The average molecular weight is 593 g/mol. The molecule has 2 aliphatic heterocycles. The summed E-state index contributed by atoms with van der Waals surface area (Å²) < 4.78 is 41.6. The van der Waals surface area contributed by atoms with E-state index in [0.717, 1.165) is 57.6 Å². The van der Waals surface area contributed by atoms with Gasteiger partial charge in [-0.25, -0.2) is 0 Å². The van der Waals surface area contributed by atoms with Crippen molar-refractivity contribution in [2.24, 2.45) is 5.41 Å². The lowest BCUT2D eigenvalue weighted by Crippen LogP contribution is -2.43. The van der Waals surface area contributed by atoms with Crippen molar-refractivity contribution in [2.45, 2.75) is 70.8 Å². The molecule has 202 valence electrons. The molecule has 12 heteroatoms. The third kappa shape index (κ3) is 4.60. The standard InChI is InChI=1S/C26H28BrF3N6O2/c27-16-3-4-19-17(11-16)18-14-34(8-5-20(18)31-19)22(37)12-25(6-1-2-7-25)13-23(38)35-9-10-36-21(15-35)32-33-24(36)26(28,29)30/h3-4,11,31H,1-2,5-10,12-15H2. The van der Waals surface area contributed by atoms with Crippen LogP contribution in [0.25, 0.3) is 10.9 Å². The van der Waals surface area contributed by atoms with Gasteiger partial charge in [-0.3, -0.25) is 9.59 Å². The Labute approximate surface area is 225 Å². The van der Waals surface area contributed by atoms with Crippen LogP contribution in [-0.2, 0) is 41.8 Å². The van der Waals surface area contributed by atoms with E-state index in [9.17, 15) is 22.8 Å². The molecule has 0 atom stereocenters. The summed E-state index contributed by atoms with van der Waals surface area (Å²) >= 11 is 3.54. The molecule has 1 aromatic carbocycles. The van der Waals surface area contributed by atoms with Crippen molar-refractivity contribution in [3.63, 3.8) is 0 Å². The molecule has 38 heavy (non-hydrogen) atoms. The molecule has 1 aliphatic carbocycles. The summed E-state index contributed by atoms with van der Waals surface area (Å²) in [4.78, 5) is 33.9. The highest BCUT2D eigenvalue weighted by Crippen LogP contribution is 2.45. The van der Waals surface area contributed by atoms with Gasteiger partial charge < -0.3 is 19.4 Å². The minimum Gasteiger partial charge on any atom is -0.358 e. The average Bonchev–Trinajstić information content (AvgIpc) is 3.60. The van der Waals surface area contributed by atoms with Crippen LogP contribution in [0.3, 0.4) is 0 Å². The number of hydrogen-bond donors (Lipinski definition) is 1. The van der Waals surface area contributed by atoms with Crippen LogP contribution < -0.4 is 0 Å². The maximum absolute atomic E-state index is 13.6. The maximum atomic E-state index is 13.6. The molecule has 2 amide bonds. The van der Waals surface area contributed by atoms with Crippen LogP contribution in [0.15, 0.2) is 22.7 Å². The van der Waals surface area contributed by atoms with Gasteiger partial charge in [-0.15, -0.1) is 10.2 Å². The first kappa shape index (κ1) is 25.4. The SMILES string of the molecule is O=C(CC1(CC(=O)N2CCn3c(nnc3C(F)(F)F)C2)CCCC1)N1CCc2[nH]c3ccc(Br)cc3c2C1. The van der Waals surface area contributed by atoms with Crippen molar-refractivity contribution in [2.75, 3.05) is 13.1 Å². The molecule has 0 spiro atoms. The van der Waals surface area contributed by atoms with Crippen molar-refractivity contribution >= 4 is 38.6 Å². The smallest absolute Gasteiger partial charge is 0.358 e. The Balaban J connectivity index is 1.14. The van der Waals surface area contributed by atoms with E-state index in [1.54, 1.807) is 4.90 Å². The molecule has 0 unspecified atom stereocenters. The number of aromatic amines is 1. The van der Waals surface area contributed by atoms with Gasteiger partial charge >= 0.3 is 6.18 Å². The van der Waals surface area contributed by atoms with Crippen molar-refractivity contribution < 1.29 is 22.8 Å². The number of carbonyl (C=O) groups excluding carboxylic acids is 2. The molecule has 1 saturated carbocycles. The number of aromatic nitrogens is 4. The normalized spacial score (nSPS) is 19.1. The summed E-state index contributed by atoms with van der Waals surface area (Å²) in [5.41, 5.74) is 2.96. The second kappa shape index (κ2) is 9.39. The highest BCUT2D eigenvalue weighted by atomic mass is 79.9. The molecule has 3 aliphatic rings. The zero-order valence-corrected chi connectivity index (χ0v) is 22.4. The fourth-order valence-electron chi connectivity index (χ4n) is 6.39. The topological polar surface area (TPSA) is 87.1 Å². The molecule has 4 heterocycles. The van der Waals surface area contributed by atoms with E-state index in [1.165, 1.54) is 5.69 Å². The van der Waals surface area contributed by atoms with Gasteiger partial charge in [0.25, 0.3) is 0 Å². The lowest BCUT2D eigenvalue weighted by Gasteiger charge is -2.35. The lowest BCUT2D eigenvalue weighted by molar-refractivity contribution is -0.148. The zero-order chi connectivity index (χ0) is 26.7. The van der Waals surface area contributed by atoms with E-state index in [-0.39, 0.29) is 43.7 Å². The van der Waals surface area contributed by atoms with Gasteiger partial charge in [0.05, 0.1) is 6.54 Å². The fraction of sp³-hybridized carbons (Fsp3) is 0.538. The Morgan fingerprint density at radius 3 is 2.42 bits per heavy atom. The van der Waals surface area contributed by atoms with E-state index >= 15 is 0 Å². The highest BCUT2D eigenvalue weighted by molar-refractivity contribution is 9.10. The van der Waals surface area contributed by atoms with E-state index < -0.39 is 17.4 Å². The molecule has 0 bridgehead atoms. The van der Waals surface area contributed by atoms with E-state index in [1.807, 2.05) is 17.0 Å². The van der Waals surface area contributed by atoms with Gasteiger partial charge in [0, 0.05) is 72.1 Å². The number of carbonyl (C=O) groups is 2. The van der Waals surface area contributed by atoms with Gasteiger partial charge in [0.1, 0.15) is 0 Å². The number of amides is 2. The second-order valence-electron chi connectivity index (χ2n) is 10.8. The highest BCUT2D eigenvalue weighted by Gasteiger charge is 2.43. The first-order chi connectivity index (χ1) is 18.1. The van der Waals surface area contributed by atoms with Crippen molar-refractivity contribution in [3.05, 3.63) is 45.6 Å². The number of fused-ring (bicyclic) bond motifs is 4. The first-order valence-corrected chi connectivity index (χ1v) is 13.7. The van der Waals surface area contributed by atoms with Crippen molar-refractivity contribution in [1.29, 1.82) is 0 Å². The summed E-state index contributed by atoms with van der Waals surface area (Å²) in [7, 11) is 0. The minimum atomic E-state index is -4.58. The maximum Gasteiger partial charge on any atom is 0.451 e. The van der Waals surface area contributed by atoms with E-state index in [2.05, 4.69) is 37.2 Å². The van der Waals surface area contributed by atoms with Crippen LogP contribution >= 0.6 is 15.9 Å². The quantitative estimate of drug-likeness (QED) is 0.471. The zero-order valence-electron chi connectivity index (χ0n) is 20.8. The number of H-pyrrole nitrogens is 1. The second-order valence-corrected chi connectivity index (χ2v) is 11.7. The van der Waals surface area contributed by atoms with Crippen molar-refractivity contribution in [1.82, 2.24) is 29.5 Å². The number of nitrogens with one attached hydrogen (secondary N) is 1. The van der Waals surface area contributed by atoms with Crippen molar-refractivity contribution in [3.8, 4) is 0 Å². The summed E-state index contributed by atoms with van der Waals surface area (Å²) in [6.07, 6.45) is 0.227. The first-order valence-electron chi connectivity index (χ1n) is 13.0. The minimum absolute atomic E-state index is 0.00301. The summed E-state index contributed by atoms with van der Waals surface area (Å²) in [5.74, 6) is -0.958. The monoisotopic (exact) mass is 592 g/mol. The Kier molecular flexibility index (Phi) is 6.27. The molecule has 0 saturated heterocycles. The Hall–Kier alpha value is -2.89. The molecule has 0 radical (unpaired) electrons. The Morgan fingerprint density at radius 1 is 1.00 bits per heavy atom. The predicted molar refractivity (Wildman–Crippen MR) is 136 cm³/mol. The van der Waals surface area contributed by atoms with Crippen LogP contribution in [0.1, 0.15) is 61.4 Å². The molecule has 1 N–H and O–H groups in total. The predicted octanol–water partition coefficient (Wildman–Crippen LogP) is 4.81. The number of alkyl halides is 3. The summed E-state index contributed by atoms with van der Waals surface area (Å²) in [6, 6.07) is 6.11. The number of rotatable bonds is 4. The Bertz CT molecular complexity index is 1410. The number of nitrogens with zero attached hydrogens (tertiary/aromatic N) is 5. The van der Waals surface area contributed by atoms with E-state index in [0.29, 0.717) is 19.5 Å². The lowest BCUT2D eigenvalue weighted by atomic mass is 9.78. The molecule has 6 rings (SSSR count). The van der Waals surface area contributed by atoms with E-state index in [4.69, 9.17) is 0 Å². The van der Waals surface area contributed by atoms with Gasteiger partial charge in [0.2, 0.25) is 17.6 Å². The number of hydrogen-bond acceptors (Lipinski definition) is 4. The fourth-order valence-corrected chi connectivity index (χ4v) is 6.75. The number of halogens is 4. The summed E-state index contributed by atoms with van der Waals surface area (Å²) in [5, 5.41) is 8.11.